The van der Waals surface area contributed by atoms with E-state index in [1.54, 1.807) is 24.3 Å². The quantitative estimate of drug-likeness (QED) is 0.276. The van der Waals surface area contributed by atoms with Crippen molar-refractivity contribution < 1.29 is 14.8 Å². The summed E-state index contributed by atoms with van der Waals surface area (Å²) in [7, 11) is 0. The van der Waals surface area contributed by atoms with Crippen LogP contribution in [0.4, 0.5) is 17.1 Å². The smallest absolute Gasteiger partial charge is 0.250 e. The third kappa shape index (κ3) is 7.37. The van der Waals surface area contributed by atoms with Crippen LogP contribution in [0.15, 0.2) is 64.8 Å². The van der Waals surface area contributed by atoms with Crippen LogP contribution in [0.3, 0.4) is 0 Å². The number of amides is 2. The Labute approximate surface area is 158 Å². The fraction of sp³-hybridized carbons (Fsp3) is 0.300. The van der Waals surface area contributed by atoms with Crippen LogP contribution < -0.4 is 10.8 Å². The van der Waals surface area contributed by atoms with Crippen LogP contribution in [0.5, 0.6) is 0 Å². The highest BCUT2D eigenvalue weighted by Gasteiger charge is 2.12. The lowest BCUT2D eigenvalue weighted by atomic mass is 10.1. The number of anilines is 1. The molecular weight excluding hydrogens is 344 g/mol. The van der Waals surface area contributed by atoms with Gasteiger partial charge in [-0.3, -0.25) is 14.8 Å². The number of benzene rings is 2. The highest BCUT2D eigenvalue weighted by atomic mass is 16.5. The van der Waals surface area contributed by atoms with Crippen molar-refractivity contribution in [3.05, 3.63) is 54.6 Å². The van der Waals surface area contributed by atoms with Crippen molar-refractivity contribution in [3.63, 3.8) is 0 Å². The van der Waals surface area contributed by atoms with E-state index in [9.17, 15) is 14.8 Å². The van der Waals surface area contributed by atoms with Gasteiger partial charge in [-0.05, 0) is 49.2 Å². The lowest BCUT2D eigenvalue weighted by Gasteiger charge is -2.14. The zero-order valence-corrected chi connectivity index (χ0v) is 15.1. The van der Waals surface area contributed by atoms with E-state index >= 15 is 0 Å². The molecule has 2 aromatic rings. The number of hydrogen-bond acceptors (Lipinski definition) is 5. The van der Waals surface area contributed by atoms with Crippen molar-refractivity contribution in [2.45, 2.75) is 38.5 Å². The van der Waals surface area contributed by atoms with Gasteiger partial charge in [0.25, 0.3) is 5.91 Å². The van der Waals surface area contributed by atoms with Gasteiger partial charge < -0.3 is 5.73 Å². The number of nitrogens with zero attached hydrogens (tertiary/aromatic N) is 3. The van der Waals surface area contributed by atoms with Crippen molar-refractivity contribution >= 4 is 28.9 Å². The second kappa shape index (κ2) is 10.8. The Morgan fingerprint density at radius 1 is 0.815 bits per heavy atom. The van der Waals surface area contributed by atoms with Gasteiger partial charge in [-0.1, -0.05) is 31.0 Å². The SMILES string of the molecule is NC(=O)CCCCCCC(=O)N(O)c1ccc(N=Nc2ccccc2)cc1. The first-order valence-electron chi connectivity index (χ1n) is 8.93. The predicted octanol–water partition coefficient (Wildman–Crippen LogP) is 4.65. The summed E-state index contributed by atoms with van der Waals surface area (Å²) in [4.78, 5) is 22.7. The van der Waals surface area contributed by atoms with Gasteiger partial charge in [-0.2, -0.15) is 15.3 Å². The molecule has 0 atom stereocenters. The van der Waals surface area contributed by atoms with Gasteiger partial charge >= 0.3 is 0 Å². The number of carbonyl (C=O) groups is 2. The summed E-state index contributed by atoms with van der Waals surface area (Å²) in [5, 5.41) is 18.9. The first kappa shape index (κ1) is 20.3. The van der Waals surface area contributed by atoms with E-state index in [0.29, 0.717) is 29.3 Å². The minimum absolute atomic E-state index is 0.239. The predicted molar refractivity (Wildman–Crippen MR) is 103 cm³/mol. The molecule has 0 heterocycles. The summed E-state index contributed by atoms with van der Waals surface area (Å²) >= 11 is 0. The third-order valence-electron chi connectivity index (χ3n) is 3.93. The average Bonchev–Trinajstić information content (AvgIpc) is 2.69. The normalized spacial score (nSPS) is 10.9. The topological polar surface area (TPSA) is 108 Å². The Morgan fingerprint density at radius 2 is 1.37 bits per heavy atom. The van der Waals surface area contributed by atoms with E-state index in [1.807, 2.05) is 30.3 Å². The number of azo groups is 1. The summed E-state index contributed by atoms with van der Waals surface area (Å²) in [6.45, 7) is 0. The van der Waals surface area contributed by atoms with Crippen LogP contribution in [-0.2, 0) is 9.59 Å². The van der Waals surface area contributed by atoms with E-state index in [1.165, 1.54) is 0 Å². The van der Waals surface area contributed by atoms with Gasteiger partial charge in [-0.25, -0.2) is 0 Å². The maximum atomic E-state index is 12.0. The number of unbranched alkanes of at least 4 members (excludes halogenated alkanes) is 3. The molecule has 0 spiro atoms. The van der Waals surface area contributed by atoms with Crippen LogP contribution in [0.2, 0.25) is 0 Å². The molecule has 27 heavy (non-hydrogen) atoms. The van der Waals surface area contributed by atoms with E-state index in [0.717, 1.165) is 24.9 Å². The van der Waals surface area contributed by atoms with Crippen LogP contribution in [0.25, 0.3) is 0 Å². The molecule has 0 bridgehead atoms. The Morgan fingerprint density at radius 3 is 1.96 bits per heavy atom. The minimum Gasteiger partial charge on any atom is -0.370 e. The summed E-state index contributed by atoms with van der Waals surface area (Å²) in [6.07, 6.45) is 3.63. The van der Waals surface area contributed by atoms with Crippen LogP contribution >= 0.6 is 0 Å². The highest BCUT2D eigenvalue weighted by Crippen LogP contribution is 2.22. The van der Waals surface area contributed by atoms with E-state index in [4.69, 9.17) is 5.73 Å². The molecule has 2 aromatic carbocycles. The Hall–Kier alpha value is -3.06. The number of rotatable bonds is 10. The molecule has 0 radical (unpaired) electrons. The number of nitrogens with two attached hydrogens (primary N) is 1. The molecule has 142 valence electrons. The van der Waals surface area contributed by atoms with E-state index < -0.39 is 0 Å². The first-order chi connectivity index (χ1) is 13.1. The second-order valence-corrected chi connectivity index (χ2v) is 6.14. The molecule has 2 amide bonds. The van der Waals surface area contributed by atoms with Gasteiger partial charge in [0, 0.05) is 12.8 Å². The van der Waals surface area contributed by atoms with Crippen LogP contribution in [0.1, 0.15) is 38.5 Å². The minimum atomic E-state index is -0.372. The molecule has 0 fully saturated rings. The first-order valence-corrected chi connectivity index (χ1v) is 8.93. The van der Waals surface area contributed by atoms with E-state index in [2.05, 4.69) is 10.2 Å². The molecule has 7 heteroatoms. The lowest BCUT2D eigenvalue weighted by molar-refractivity contribution is -0.123. The van der Waals surface area contributed by atoms with Gasteiger partial charge in [0.15, 0.2) is 0 Å². The monoisotopic (exact) mass is 368 g/mol. The maximum Gasteiger partial charge on any atom is 0.250 e. The number of carbonyl (C=O) groups excluding carboxylic acids is 2. The van der Waals surface area contributed by atoms with Crippen molar-refractivity contribution in [1.82, 2.24) is 0 Å². The summed E-state index contributed by atoms with van der Waals surface area (Å²) < 4.78 is 0. The van der Waals surface area contributed by atoms with Crippen molar-refractivity contribution in [1.29, 1.82) is 0 Å². The second-order valence-electron chi connectivity index (χ2n) is 6.14. The summed E-state index contributed by atoms with van der Waals surface area (Å²) in [6, 6.07) is 16.0. The molecule has 0 aromatic heterocycles. The Balaban J connectivity index is 1.78. The van der Waals surface area contributed by atoms with Crippen molar-refractivity contribution in [3.8, 4) is 0 Å². The lowest BCUT2D eigenvalue weighted by Crippen LogP contribution is -2.26. The zero-order chi connectivity index (χ0) is 19.5. The molecule has 0 aliphatic carbocycles. The average molecular weight is 368 g/mol. The molecule has 0 aliphatic rings. The van der Waals surface area contributed by atoms with Gasteiger partial charge in [-0.15, -0.1) is 0 Å². The fourth-order valence-electron chi connectivity index (χ4n) is 2.45. The van der Waals surface area contributed by atoms with Crippen LogP contribution in [-0.4, -0.2) is 17.0 Å². The summed E-state index contributed by atoms with van der Waals surface area (Å²) in [5.41, 5.74) is 6.82. The molecule has 0 aliphatic heterocycles. The van der Waals surface area contributed by atoms with E-state index in [-0.39, 0.29) is 18.2 Å². The molecule has 0 saturated carbocycles. The molecule has 0 unspecified atom stereocenters. The number of hydrogen-bond donors (Lipinski definition) is 2. The Kier molecular flexibility index (Phi) is 8.12. The third-order valence-corrected chi connectivity index (χ3v) is 3.93. The van der Waals surface area contributed by atoms with Gasteiger partial charge in [0.1, 0.15) is 0 Å². The Bertz CT molecular complexity index is 761. The van der Waals surface area contributed by atoms with Crippen LogP contribution in [0, 0.1) is 0 Å². The molecule has 3 N–H and O–H groups in total. The summed E-state index contributed by atoms with van der Waals surface area (Å²) in [5.74, 6) is -0.678. The number of hydroxylamine groups is 1. The van der Waals surface area contributed by atoms with Gasteiger partial charge in [0.2, 0.25) is 5.91 Å². The molecule has 7 nitrogen and oxygen atoms in total. The highest BCUT2D eigenvalue weighted by molar-refractivity contribution is 5.91. The standard InChI is InChI=1S/C20H24N4O3/c21-19(25)10-6-1-2-7-11-20(26)24(27)18-14-12-17(13-15-18)23-22-16-8-4-3-5-9-16/h3-5,8-9,12-15,27H,1-2,6-7,10-11H2,(H2,21,25). The van der Waals surface area contributed by atoms with Gasteiger partial charge in [0.05, 0.1) is 17.1 Å². The molecule has 0 saturated heterocycles. The van der Waals surface area contributed by atoms with Crippen molar-refractivity contribution in [2.75, 3.05) is 5.06 Å². The fourth-order valence-corrected chi connectivity index (χ4v) is 2.45. The molecular formula is C20H24N4O3. The maximum absolute atomic E-state index is 12.0. The zero-order valence-electron chi connectivity index (χ0n) is 15.1. The largest absolute Gasteiger partial charge is 0.370 e. The van der Waals surface area contributed by atoms with Crippen molar-refractivity contribution in [2.24, 2.45) is 16.0 Å². The number of primary amides is 1. The molecule has 2 rings (SSSR count).